The van der Waals surface area contributed by atoms with Crippen molar-refractivity contribution >= 4 is 10.0 Å². The number of aliphatic hydroxyl groups excluding tert-OH is 2. The zero-order valence-electron chi connectivity index (χ0n) is 7.97. The quantitative estimate of drug-likeness (QED) is 0.591. The van der Waals surface area contributed by atoms with E-state index >= 15 is 0 Å². The van der Waals surface area contributed by atoms with Gasteiger partial charge < -0.3 is 10.2 Å². The lowest BCUT2D eigenvalue weighted by Crippen LogP contribution is -2.39. The fourth-order valence-electron chi connectivity index (χ4n) is 0.887. The van der Waals surface area contributed by atoms with Crippen LogP contribution in [0.3, 0.4) is 0 Å². The highest BCUT2D eigenvalue weighted by Gasteiger charge is 2.24. The Bertz CT molecular complexity index is 219. The first kappa shape index (κ1) is 12.8. The number of sulfonamides is 1. The molecule has 0 heterocycles. The van der Waals surface area contributed by atoms with E-state index in [4.69, 9.17) is 10.2 Å². The Labute approximate surface area is 79.0 Å². The van der Waals surface area contributed by atoms with E-state index in [2.05, 4.69) is 0 Å². The van der Waals surface area contributed by atoms with Crippen molar-refractivity contribution in [2.45, 2.75) is 19.1 Å². The largest absolute Gasteiger partial charge is 0.395 e. The number of nitrogens with zero attached hydrogens (tertiary/aromatic N) is 1. The summed E-state index contributed by atoms with van der Waals surface area (Å²) in [5, 5.41) is 16.7. The molecule has 0 saturated carbocycles. The molecule has 0 radical (unpaired) electrons. The van der Waals surface area contributed by atoms with Crippen molar-refractivity contribution < 1.29 is 18.6 Å². The van der Waals surface area contributed by atoms with Gasteiger partial charge in [0.25, 0.3) is 0 Å². The van der Waals surface area contributed by atoms with Crippen LogP contribution < -0.4 is 0 Å². The Balaban J connectivity index is 4.52. The third kappa shape index (κ3) is 3.60. The highest BCUT2D eigenvalue weighted by molar-refractivity contribution is 7.89. The van der Waals surface area contributed by atoms with Gasteiger partial charge in [-0.2, -0.15) is 4.31 Å². The summed E-state index contributed by atoms with van der Waals surface area (Å²) in [5.41, 5.74) is 0. The Kier molecular flexibility index (Phi) is 5.46. The van der Waals surface area contributed by atoms with Crippen molar-refractivity contribution in [1.82, 2.24) is 4.31 Å². The summed E-state index contributed by atoms with van der Waals surface area (Å²) in [4.78, 5) is 0. The third-order valence-corrected chi connectivity index (χ3v) is 3.93. The predicted molar refractivity (Wildman–Crippen MR) is 49.8 cm³/mol. The van der Waals surface area contributed by atoms with E-state index in [9.17, 15) is 8.42 Å². The second-order valence-electron chi connectivity index (χ2n) is 2.94. The summed E-state index contributed by atoms with van der Waals surface area (Å²) in [6.45, 7) is 2.76. The van der Waals surface area contributed by atoms with Gasteiger partial charge in [-0.1, -0.05) is 0 Å². The van der Waals surface area contributed by atoms with Crippen LogP contribution in [-0.4, -0.2) is 54.5 Å². The molecule has 0 bridgehead atoms. The molecule has 0 aliphatic heterocycles. The van der Waals surface area contributed by atoms with Crippen molar-refractivity contribution in [3.05, 3.63) is 0 Å². The van der Waals surface area contributed by atoms with Crippen LogP contribution in [0.15, 0.2) is 0 Å². The lowest BCUT2D eigenvalue weighted by Gasteiger charge is -2.22. The summed E-state index contributed by atoms with van der Waals surface area (Å²) in [6.07, 6.45) is 0. The predicted octanol–water partition coefficient (Wildman–Crippen LogP) is -0.989. The minimum absolute atomic E-state index is 0.0427. The lowest BCUT2D eigenvalue weighted by molar-refractivity contribution is 0.217. The number of hydrogen-bond acceptors (Lipinski definition) is 4. The average Bonchev–Trinajstić information content (AvgIpc) is 2.03. The Morgan fingerprint density at radius 3 is 1.77 bits per heavy atom. The molecule has 13 heavy (non-hydrogen) atoms. The molecule has 0 fully saturated rings. The first-order valence-corrected chi connectivity index (χ1v) is 5.67. The summed E-state index contributed by atoms with van der Waals surface area (Å²) < 4.78 is 24.1. The van der Waals surface area contributed by atoms with Crippen LogP contribution in [-0.2, 0) is 10.0 Å². The smallest absolute Gasteiger partial charge is 0.216 e. The molecule has 0 aromatic carbocycles. The van der Waals surface area contributed by atoms with Gasteiger partial charge in [-0.05, 0) is 13.8 Å². The zero-order chi connectivity index (χ0) is 10.5. The van der Waals surface area contributed by atoms with Gasteiger partial charge in [0.1, 0.15) is 0 Å². The summed E-state index contributed by atoms with van der Waals surface area (Å²) >= 11 is 0. The van der Waals surface area contributed by atoms with Crippen LogP contribution in [0.1, 0.15) is 13.8 Å². The van der Waals surface area contributed by atoms with Crippen LogP contribution in [0.2, 0.25) is 0 Å². The fraction of sp³-hybridized carbons (Fsp3) is 1.00. The molecule has 0 atom stereocenters. The zero-order valence-corrected chi connectivity index (χ0v) is 8.79. The molecule has 0 unspecified atom stereocenters. The number of rotatable bonds is 6. The molecule has 2 N–H and O–H groups in total. The van der Waals surface area contributed by atoms with Crippen LogP contribution in [0, 0.1) is 0 Å². The summed E-state index contributed by atoms with van der Waals surface area (Å²) in [7, 11) is -3.35. The molecule has 0 aromatic rings. The molecule has 0 saturated heterocycles. The second kappa shape index (κ2) is 5.54. The van der Waals surface area contributed by atoms with Gasteiger partial charge >= 0.3 is 0 Å². The normalized spacial score (nSPS) is 12.8. The van der Waals surface area contributed by atoms with E-state index in [1.807, 2.05) is 0 Å². The lowest BCUT2D eigenvalue weighted by atomic mass is 10.6. The van der Waals surface area contributed by atoms with Gasteiger partial charge in [-0.3, -0.25) is 0 Å². The van der Waals surface area contributed by atoms with E-state index in [1.54, 1.807) is 13.8 Å². The van der Waals surface area contributed by atoms with Gasteiger partial charge in [0, 0.05) is 13.1 Å². The Morgan fingerprint density at radius 2 is 1.54 bits per heavy atom. The SMILES string of the molecule is CC(C)S(=O)(=O)N(CCO)CCO. The topological polar surface area (TPSA) is 77.8 Å². The van der Waals surface area contributed by atoms with Crippen LogP contribution in [0.25, 0.3) is 0 Å². The van der Waals surface area contributed by atoms with Gasteiger partial charge in [-0.15, -0.1) is 0 Å². The number of aliphatic hydroxyl groups is 2. The Hall–Kier alpha value is -0.170. The van der Waals surface area contributed by atoms with E-state index in [0.29, 0.717) is 0 Å². The van der Waals surface area contributed by atoms with Crippen LogP contribution in [0.5, 0.6) is 0 Å². The maximum atomic E-state index is 11.5. The standard InChI is InChI=1S/C7H17NO4S/c1-7(2)13(11,12)8(3-5-9)4-6-10/h7,9-10H,3-6H2,1-2H3. The molecule has 0 aliphatic rings. The Morgan fingerprint density at radius 1 is 1.15 bits per heavy atom. The highest BCUT2D eigenvalue weighted by atomic mass is 32.2. The molecule has 0 amide bonds. The van der Waals surface area contributed by atoms with Crippen LogP contribution >= 0.6 is 0 Å². The molecular formula is C7H17NO4S. The molecule has 6 heteroatoms. The minimum Gasteiger partial charge on any atom is -0.395 e. The summed E-state index contributed by atoms with van der Waals surface area (Å²) in [6, 6.07) is 0. The molecule has 80 valence electrons. The van der Waals surface area contributed by atoms with Crippen molar-refractivity contribution in [2.75, 3.05) is 26.3 Å². The van der Waals surface area contributed by atoms with E-state index in [1.165, 1.54) is 0 Å². The first-order valence-electron chi connectivity index (χ1n) is 4.17. The maximum absolute atomic E-state index is 11.5. The first-order chi connectivity index (χ1) is 5.96. The van der Waals surface area contributed by atoms with E-state index in [0.717, 1.165) is 4.31 Å². The van der Waals surface area contributed by atoms with Crippen LogP contribution in [0.4, 0.5) is 0 Å². The molecular weight excluding hydrogens is 194 g/mol. The molecule has 0 rings (SSSR count). The van der Waals surface area contributed by atoms with Crippen molar-refractivity contribution in [3.8, 4) is 0 Å². The van der Waals surface area contributed by atoms with Gasteiger partial charge in [0.2, 0.25) is 10.0 Å². The highest BCUT2D eigenvalue weighted by Crippen LogP contribution is 2.07. The van der Waals surface area contributed by atoms with Crippen molar-refractivity contribution in [3.63, 3.8) is 0 Å². The van der Waals surface area contributed by atoms with Crippen molar-refractivity contribution in [1.29, 1.82) is 0 Å². The maximum Gasteiger partial charge on any atom is 0.216 e. The van der Waals surface area contributed by atoms with E-state index < -0.39 is 15.3 Å². The molecule has 5 nitrogen and oxygen atoms in total. The molecule has 0 aliphatic carbocycles. The second-order valence-corrected chi connectivity index (χ2v) is 5.43. The molecule has 0 aromatic heterocycles. The van der Waals surface area contributed by atoms with Gasteiger partial charge in [0.05, 0.1) is 18.5 Å². The van der Waals surface area contributed by atoms with E-state index in [-0.39, 0.29) is 26.3 Å². The monoisotopic (exact) mass is 211 g/mol. The minimum atomic E-state index is -3.35. The average molecular weight is 211 g/mol. The number of hydrogen-bond donors (Lipinski definition) is 2. The van der Waals surface area contributed by atoms with Gasteiger partial charge in [-0.25, -0.2) is 8.42 Å². The summed E-state index contributed by atoms with van der Waals surface area (Å²) in [5.74, 6) is 0. The third-order valence-electron chi connectivity index (χ3n) is 1.65. The fourth-order valence-corrected chi connectivity index (χ4v) is 2.16. The van der Waals surface area contributed by atoms with Gasteiger partial charge in [0.15, 0.2) is 0 Å². The van der Waals surface area contributed by atoms with Crippen molar-refractivity contribution in [2.24, 2.45) is 0 Å². The molecule has 0 spiro atoms.